The van der Waals surface area contributed by atoms with Crippen molar-refractivity contribution in [1.29, 1.82) is 0 Å². The molecule has 116 valence electrons. The summed E-state index contributed by atoms with van der Waals surface area (Å²) in [5.74, 6) is 4.17. The Kier molecular flexibility index (Phi) is 5.42. The van der Waals surface area contributed by atoms with E-state index in [2.05, 4.69) is 12.2 Å². The first-order chi connectivity index (χ1) is 9.86. The average molecular weight is 277 g/mol. The predicted octanol–water partition coefficient (Wildman–Crippen LogP) is 5.15. The van der Waals surface area contributed by atoms with Gasteiger partial charge in [0.05, 0.1) is 0 Å². The lowest BCUT2D eigenvalue weighted by molar-refractivity contribution is 0.133. The van der Waals surface area contributed by atoms with Gasteiger partial charge in [0.1, 0.15) is 0 Å². The lowest BCUT2D eigenvalue weighted by Crippen LogP contribution is -2.34. The molecule has 20 heavy (non-hydrogen) atoms. The lowest BCUT2D eigenvalue weighted by Gasteiger charge is -2.38. The molecule has 3 rings (SSSR count). The van der Waals surface area contributed by atoms with Crippen LogP contribution in [0, 0.1) is 23.7 Å². The average Bonchev–Trinajstić information content (AvgIpc) is 3.32. The van der Waals surface area contributed by atoms with Crippen molar-refractivity contribution in [2.24, 2.45) is 23.7 Å². The van der Waals surface area contributed by atoms with Crippen LogP contribution in [-0.2, 0) is 0 Å². The van der Waals surface area contributed by atoms with Crippen molar-refractivity contribution in [2.75, 3.05) is 6.54 Å². The molecular formula is C19H35N. The highest BCUT2D eigenvalue weighted by Crippen LogP contribution is 2.43. The van der Waals surface area contributed by atoms with Crippen molar-refractivity contribution in [3.63, 3.8) is 0 Å². The SMILES string of the molecule is CCC1CCCC(C2CCCCCC2CNC2CC2)C1. The molecule has 3 aliphatic rings. The van der Waals surface area contributed by atoms with E-state index in [0.29, 0.717) is 0 Å². The van der Waals surface area contributed by atoms with Crippen LogP contribution in [0.15, 0.2) is 0 Å². The molecule has 0 amide bonds. The van der Waals surface area contributed by atoms with Gasteiger partial charge in [-0.25, -0.2) is 0 Å². The van der Waals surface area contributed by atoms with Gasteiger partial charge in [0, 0.05) is 6.04 Å². The first kappa shape index (κ1) is 14.9. The summed E-state index contributed by atoms with van der Waals surface area (Å²) in [5, 5.41) is 3.85. The Morgan fingerprint density at radius 2 is 1.70 bits per heavy atom. The quantitative estimate of drug-likeness (QED) is 0.685. The minimum absolute atomic E-state index is 0.897. The van der Waals surface area contributed by atoms with Crippen LogP contribution in [-0.4, -0.2) is 12.6 Å². The van der Waals surface area contributed by atoms with Gasteiger partial charge in [0.25, 0.3) is 0 Å². The summed E-state index contributed by atoms with van der Waals surface area (Å²) in [6.07, 6.45) is 18.0. The summed E-state index contributed by atoms with van der Waals surface area (Å²) >= 11 is 0. The van der Waals surface area contributed by atoms with E-state index < -0.39 is 0 Å². The number of hydrogen-bond acceptors (Lipinski definition) is 1. The third-order valence-electron chi connectivity index (χ3n) is 6.47. The highest BCUT2D eigenvalue weighted by atomic mass is 14.9. The Balaban J connectivity index is 1.58. The summed E-state index contributed by atoms with van der Waals surface area (Å²) in [7, 11) is 0. The van der Waals surface area contributed by atoms with E-state index in [9.17, 15) is 0 Å². The van der Waals surface area contributed by atoms with Crippen molar-refractivity contribution in [1.82, 2.24) is 5.32 Å². The van der Waals surface area contributed by atoms with E-state index in [1.54, 1.807) is 12.8 Å². The first-order valence-electron chi connectivity index (χ1n) is 9.60. The third-order valence-corrected chi connectivity index (χ3v) is 6.47. The normalized spacial score (nSPS) is 39.5. The van der Waals surface area contributed by atoms with E-state index in [4.69, 9.17) is 0 Å². The zero-order valence-electron chi connectivity index (χ0n) is 13.6. The molecule has 4 atom stereocenters. The Hall–Kier alpha value is -0.0400. The molecule has 1 heteroatoms. The van der Waals surface area contributed by atoms with Crippen LogP contribution in [0.3, 0.4) is 0 Å². The van der Waals surface area contributed by atoms with Gasteiger partial charge in [-0.1, -0.05) is 51.9 Å². The maximum Gasteiger partial charge on any atom is 0.00683 e. The summed E-state index contributed by atoms with van der Waals surface area (Å²) in [4.78, 5) is 0. The zero-order chi connectivity index (χ0) is 13.8. The summed E-state index contributed by atoms with van der Waals surface area (Å²) < 4.78 is 0. The van der Waals surface area contributed by atoms with Gasteiger partial charge in [-0.2, -0.15) is 0 Å². The standard InChI is InChI=1S/C19H35N/c1-2-15-7-6-9-16(13-15)19-10-5-3-4-8-17(19)14-20-18-11-12-18/h15-20H,2-14H2,1H3. The van der Waals surface area contributed by atoms with Crippen LogP contribution in [0.4, 0.5) is 0 Å². The third kappa shape index (κ3) is 4.00. The number of nitrogens with one attached hydrogen (secondary N) is 1. The first-order valence-corrected chi connectivity index (χ1v) is 9.60. The fraction of sp³-hybridized carbons (Fsp3) is 1.00. The Labute approximate surface area is 126 Å². The molecule has 0 spiro atoms. The molecule has 3 saturated carbocycles. The van der Waals surface area contributed by atoms with E-state index >= 15 is 0 Å². The second-order valence-electron chi connectivity index (χ2n) is 7.95. The highest BCUT2D eigenvalue weighted by Gasteiger charge is 2.34. The van der Waals surface area contributed by atoms with Gasteiger partial charge < -0.3 is 5.32 Å². The molecule has 0 radical (unpaired) electrons. The molecule has 0 saturated heterocycles. The van der Waals surface area contributed by atoms with Crippen molar-refractivity contribution < 1.29 is 0 Å². The monoisotopic (exact) mass is 277 g/mol. The fourth-order valence-electron chi connectivity index (χ4n) is 4.98. The highest BCUT2D eigenvalue weighted by molar-refractivity contribution is 4.87. The van der Waals surface area contributed by atoms with E-state index in [0.717, 1.165) is 29.7 Å². The van der Waals surface area contributed by atoms with E-state index in [1.807, 2.05) is 0 Å². The van der Waals surface area contributed by atoms with Gasteiger partial charge in [0.2, 0.25) is 0 Å². The second kappa shape index (κ2) is 7.29. The van der Waals surface area contributed by atoms with Crippen LogP contribution in [0.5, 0.6) is 0 Å². The Morgan fingerprint density at radius 3 is 2.50 bits per heavy atom. The minimum Gasteiger partial charge on any atom is -0.314 e. The largest absolute Gasteiger partial charge is 0.314 e. The zero-order valence-corrected chi connectivity index (χ0v) is 13.6. The molecule has 3 aliphatic carbocycles. The maximum atomic E-state index is 3.85. The van der Waals surface area contributed by atoms with Crippen molar-refractivity contribution in [2.45, 2.75) is 90.0 Å². The molecule has 0 aromatic carbocycles. The van der Waals surface area contributed by atoms with Crippen LogP contribution in [0.25, 0.3) is 0 Å². The van der Waals surface area contributed by atoms with Gasteiger partial charge in [-0.3, -0.25) is 0 Å². The van der Waals surface area contributed by atoms with Crippen LogP contribution < -0.4 is 5.32 Å². The topological polar surface area (TPSA) is 12.0 Å². The minimum atomic E-state index is 0.897. The number of rotatable bonds is 5. The van der Waals surface area contributed by atoms with Crippen molar-refractivity contribution in [3.05, 3.63) is 0 Å². The van der Waals surface area contributed by atoms with Crippen LogP contribution in [0.2, 0.25) is 0 Å². The van der Waals surface area contributed by atoms with E-state index in [1.165, 1.54) is 70.8 Å². The van der Waals surface area contributed by atoms with E-state index in [-0.39, 0.29) is 0 Å². The molecule has 0 heterocycles. The molecule has 3 fully saturated rings. The Morgan fingerprint density at radius 1 is 0.850 bits per heavy atom. The molecule has 0 aromatic rings. The smallest absolute Gasteiger partial charge is 0.00683 e. The van der Waals surface area contributed by atoms with Crippen molar-refractivity contribution in [3.8, 4) is 0 Å². The molecule has 0 aromatic heterocycles. The molecule has 4 unspecified atom stereocenters. The van der Waals surface area contributed by atoms with Crippen LogP contribution >= 0.6 is 0 Å². The lowest BCUT2D eigenvalue weighted by atomic mass is 9.69. The van der Waals surface area contributed by atoms with Crippen molar-refractivity contribution >= 4 is 0 Å². The maximum absolute atomic E-state index is 3.85. The fourth-order valence-corrected chi connectivity index (χ4v) is 4.98. The molecule has 0 bridgehead atoms. The molecular weight excluding hydrogens is 242 g/mol. The molecule has 1 nitrogen and oxygen atoms in total. The summed E-state index contributed by atoms with van der Waals surface area (Å²) in [6.45, 7) is 3.74. The summed E-state index contributed by atoms with van der Waals surface area (Å²) in [6, 6.07) is 0.897. The van der Waals surface area contributed by atoms with Gasteiger partial charge in [-0.05, 0) is 62.3 Å². The van der Waals surface area contributed by atoms with Gasteiger partial charge in [0.15, 0.2) is 0 Å². The second-order valence-corrected chi connectivity index (χ2v) is 7.95. The van der Waals surface area contributed by atoms with Gasteiger partial charge >= 0.3 is 0 Å². The summed E-state index contributed by atoms with van der Waals surface area (Å²) in [5.41, 5.74) is 0. The predicted molar refractivity (Wildman–Crippen MR) is 86.8 cm³/mol. The molecule has 0 aliphatic heterocycles. The van der Waals surface area contributed by atoms with Gasteiger partial charge in [-0.15, -0.1) is 0 Å². The Bertz CT molecular complexity index is 283. The molecule has 1 N–H and O–H groups in total. The number of hydrogen-bond donors (Lipinski definition) is 1. The van der Waals surface area contributed by atoms with Crippen LogP contribution in [0.1, 0.15) is 84.0 Å².